The van der Waals surface area contributed by atoms with Gasteiger partial charge in [-0.1, -0.05) is 11.6 Å². The van der Waals surface area contributed by atoms with Crippen LogP contribution in [0.5, 0.6) is 5.75 Å². The number of benzene rings is 1. The normalized spacial score (nSPS) is 20.1. The van der Waals surface area contributed by atoms with Crippen molar-refractivity contribution in [2.24, 2.45) is 0 Å². The van der Waals surface area contributed by atoms with E-state index in [2.05, 4.69) is 5.32 Å². The number of nitrogens with one attached hydrogen (secondary N) is 1. The van der Waals surface area contributed by atoms with Crippen LogP contribution in [-0.4, -0.2) is 62.2 Å². The van der Waals surface area contributed by atoms with E-state index in [1.165, 1.54) is 19.2 Å². The van der Waals surface area contributed by atoms with Gasteiger partial charge in [-0.25, -0.2) is 8.42 Å². The predicted molar refractivity (Wildman–Crippen MR) is 100 cm³/mol. The lowest BCUT2D eigenvalue weighted by Crippen LogP contribution is -2.47. The summed E-state index contributed by atoms with van der Waals surface area (Å²) in [6.45, 7) is 2.14. The largest absolute Gasteiger partial charge is 0.482 e. The molecule has 10 heteroatoms. The number of piperidine rings is 1. The SMILES string of the molecule is CC1CCCCN1C(=O)CN(C)S(=O)(=O)c1cc2c(cc1Cl)NC(=O)CO2. The molecular weight excluding hydrogens is 394 g/mol. The molecule has 2 aliphatic rings. The summed E-state index contributed by atoms with van der Waals surface area (Å²) < 4.78 is 32.1. The van der Waals surface area contributed by atoms with Gasteiger partial charge in [-0.05, 0) is 32.3 Å². The Morgan fingerprint density at radius 3 is 2.85 bits per heavy atom. The zero-order chi connectivity index (χ0) is 19.8. The first-order chi connectivity index (χ1) is 12.7. The van der Waals surface area contributed by atoms with E-state index in [9.17, 15) is 18.0 Å². The lowest BCUT2D eigenvalue weighted by atomic mass is 10.0. The zero-order valence-corrected chi connectivity index (χ0v) is 16.8. The highest BCUT2D eigenvalue weighted by Crippen LogP contribution is 2.36. The first-order valence-corrected chi connectivity index (χ1v) is 10.5. The van der Waals surface area contributed by atoms with Crippen molar-refractivity contribution in [3.8, 4) is 5.75 Å². The first-order valence-electron chi connectivity index (χ1n) is 8.72. The van der Waals surface area contributed by atoms with Gasteiger partial charge in [0.25, 0.3) is 5.91 Å². The number of nitrogens with zero attached hydrogens (tertiary/aromatic N) is 2. The van der Waals surface area contributed by atoms with Gasteiger partial charge in [-0.3, -0.25) is 9.59 Å². The molecule has 0 spiro atoms. The van der Waals surface area contributed by atoms with E-state index in [0.29, 0.717) is 12.2 Å². The van der Waals surface area contributed by atoms with Crippen molar-refractivity contribution in [1.29, 1.82) is 0 Å². The van der Waals surface area contributed by atoms with Crippen LogP contribution in [0.15, 0.2) is 17.0 Å². The molecule has 0 bridgehead atoms. The smallest absolute Gasteiger partial charge is 0.262 e. The Kier molecular flexibility index (Phi) is 5.64. The summed E-state index contributed by atoms with van der Waals surface area (Å²) in [5.41, 5.74) is 0.316. The predicted octanol–water partition coefficient (Wildman–Crippen LogP) is 1.69. The van der Waals surface area contributed by atoms with Crippen molar-refractivity contribution in [3.05, 3.63) is 17.2 Å². The molecule has 1 fully saturated rings. The second kappa shape index (κ2) is 7.65. The molecule has 0 aliphatic carbocycles. The molecule has 1 aromatic rings. The van der Waals surface area contributed by atoms with Crippen molar-refractivity contribution in [2.45, 2.75) is 37.1 Å². The number of sulfonamides is 1. The van der Waals surface area contributed by atoms with Crippen LogP contribution in [0.4, 0.5) is 5.69 Å². The van der Waals surface area contributed by atoms with Gasteiger partial charge in [-0.2, -0.15) is 4.31 Å². The minimum atomic E-state index is -4.01. The number of hydrogen-bond donors (Lipinski definition) is 1. The number of carbonyl (C=O) groups is 2. The van der Waals surface area contributed by atoms with E-state index in [1.54, 1.807) is 4.90 Å². The summed E-state index contributed by atoms with van der Waals surface area (Å²) in [5.74, 6) is -0.347. The quantitative estimate of drug-likeness (QED) is 0.807. The monoisotopic (exact) mass is 415 g/mol. The number of anilines is 1. The van der Waals surface area contributed by atoms with Gasteiger partial charge in [0.1, 0.15) is 10.6 Å². The highest BCUT2D eigenvalue weighted by Gasteiger charge is 2.31. The number of fused-ring (bicyclic) bond motifs is 1. The topological polar surface area (TPSA) is 96.0 Å². The molecule has 1 atom stereocenters. The van der Waals surface area contributed by atoms with Crippen LogP contribution in [0.3, 0.4) is 0 Å². The van der Waals surface area contributed by atoms with E-state index < -0.39 is 10.0 Å². The highest BCUT2D eigenvalue weighted by molar-refractivity contribution is 7.89. The van der Waals surface area contributed by atoms with Gasteiger partial charge < -0.3 is 15.0 Å². The molecule has 2 amide bonds. The number of carbonyl (C=O) groups excluding carboxylic acids is 2. The van der Waals surface area contributed by atoms with Gasteiger partial charge in [0.2, 0.25) is 15.9 Å². The molecule has 1 aromatic carbocycles. The van der Waals surface area contributed by atoms with Crippen LogP contribution in [0.1, 0.15) is 26.2 Å². The third-order valence-electron chi connectivity index (χ3n) is 4.84. The minimum Gasteiger partial charge on any atom is -0.482 e. The Balaban J connectivity index is 1.81. The third-order valence-corrected chi connectivity index (χ3v) is 7.10. The van der Waals surface area contributed by atoms with Gasteiger partial charge in [0.15, 0.2) is 6.61 Å². The summed E-state index contributed by atoms with van der Waals surface area (Å²) in [4.78, 5) is 25.5. The zero-order valence-electron chi connectivity index (χ0n) is 15.2. The number of halogens is 1. The van der Waals surface area contributed by atoms with Crippen molar-refractivity contribution < 1.29 is 22.7 Å². The molecule has 0 saturated carbocycles. The second-order valence-electron chi connectivity index (χ2n) is 6.81. The van der Waals surface area contributed by atoms with Crippen LogP contribution in [-0.2, 0) is 19.6 Å². The Morgan fingerprint density at radius 2 is 2.15 bits per heavy atom. The average Bonchev–Trinajstić information content (AvgIpc) is 2.61. The summed E-state index contributed by atoms with van der Waals surface area (Å²) in [7, 11) is -2.66. The van der Waals surface area contributed by atoms with Crippen molar-refractivity contribution in [3.63, 3.8) is 0 Å². The molecule has 8 nitrogen and oxygen atoms in total. The third kappa shape index (κ3) is 4.04. The Bertz CT molecular complexity index is 874. The van der Waals surface area contributed by atoms with Crippen molar-refractivity contribution >= 4 is 39.1 Å². The number of rotatable bonds is 4. The molecule has 1 saturated heterocycles. The first kappa shape index (κ1) is 19.9. The van der Waals surface area contributed by atoms with E-state index >= 15 is 0 Å². The number of likely N-dealkylation sites (tertiary alicyclic amines) is 1. The van der Waals surface area contributed by atoms with Gasteiger partial charge >= 0.3 is 0 Å². The van der Waals surface area contributed by atoms with E-state index in [-0.39, 0.29) is 46.7 Å². The highest BCUT2D eigenvalue weighted by atomic mass is 35.5. The maximum atomic E-state index is 12.9. The lowest BCUT2D eigenvalue weighted by molar-refractivity contribution is -0.134. The Morgan fingerprint density at radius 1 is 1.41 bits per heavy atom. The molecule has 2 heterocycles. The van der Waals surface area contributed by atoms with E-state index in [0.717, 1.165) is 23.6 Å². The minimum absolute atomic E-state index is 0.0508. The molecule has 0 radical (unpaired) electrons. The molecule has 2 aliphatic heterocycles. The molecule has 27 heavy (non-hydrogen) atoms. The fourth-order valence-corrected chi connectivity index (χ4v) is 4.92. The van der Waals surface area contributed by atoms with E-state index in [4.69, 9.17) is 16.3 Å². The van der Waals surface area contributed by atoms with Crippen molar-refractivity contribution in [1.82, 2.24) is 9.21 Å². The molecule has 0 aromatic heterocycles. The van der Waals surface area contributed by atoms with Crippen LogP contribution in [0, 0.1) is 0 Å². The number of hydrogen-bond acceptors (Lipinski definition) is 5. The number of likely N-dealkylation sites (N-methyl/N-ethyl adjacent to an activating group) is 1. The standard InChI is InChI=1S/C17H22ClN3O5S/c1-11-5-3-4-6-21(11)17(23)9-20(2)27(24,25)15-8-14-13(7-12(15)18)19-16(22)10-26-14/h7-8,11H,3-6,9-10H2,1-2H3,(H,19,22). The Labute approximate surface area is 163 Å². The maximum Gasteiger partial charge on any atom is 0.262 e. The lowest BCUT2D eigenvalue weighted by Gasteiger charge is -2.34. The van der Waals surface area contributed by atoms with Crippen LogP contribution in [0.25, 0.3) is 0 Å². The fourth-order valence-electron chi connectivity index (χ4n) is 3.28. The number of amides is 2. The van der Waals surface area contributed by atoms with Crippen LogP contribution in [0.2, 0.25) is 5.02 Å². The summed E-state index contributed by atoms with van der Waals surface area (Å²) in [5, 5.41) is 2.52. The molecule has 1 unspecified atom stereocenters. The number of ether oxygens (including phenoxy) is 1. The molecule has 3 rings (SSSR count). The summed E-state index contributed by atoms with van der Waals surface area (Å²) in [6, 6.07) is 2.71. The van der Waals surface area contributed by atoms with E-state index in [1.807, 2.05) is 6.92 Å². The fraction of sp³-hybridized carbons (Fsp3) is 0.529. The summed E-state index contributed by atoms with van der Waals surface area (Å²) >= 11 is 6.14. The average molecular weight is 416 g/mol. The van der Waals surface area contributed by atoms with Crippen molar-refractivity contribution in [2.75, 3.05) is 32.1 Å². The van der Waals surface area contributed by atoms with Gasteiger partial charge in [0, 0.05) is 25.7 Å². The second-order valence-corrected chi connectivity index (χ2v) is 9.23. The summed E-state index contributed by atoms with van der Waals surface area (Å²) in [6.07, 6.45) is 2.91. The van der Waals surface area contributed by atoms with Crippen LogP contribution < -0.4 is 10.1 Å². The maximum absolute atomic E-state index is 12.9. The molecule has 1 N–H and O–H groups in total. The molecule has 148 valence electrons. The van der Waals surface area contributed by atoms with Gasteiger partial charge in [-0.15, -0.1) is 0 Å². The molecular formula is C17H22ClN3O5S. The van der Waals surface area contributed by atoms with Crippen LogP contribution >= 0.6 is 11.6 Å². The van der Waals surface area contributed by atoms with Gasteiger partial charge in [0.05, 0.1) is 17.3 Å². The Hall–Kier alpha value is -1.84.